The zero-order chi connectivity index (χ0) is 17.0. The van der Waals surface area contributed by atoms with Crippen LogP contribution in [0.2, 0.25) is 0 Å². The number of nitrogens with zero attached hydrogens (tertiary/aromatic N) is 2. The Morgan fingerprint density at radius 3 is 2.39 bits per heavy atom. The predicted octanol–water partition coefficient (Wildman–Crippen LogP) is 3.22. The summed E-state index contributed by atoms with van der Waals surface area (Å²) in [5.74, 6) is -0.557. The molecule has 2 rings (SSSR count). The summed E-state index contributed by atoms with van der Waals surface area (Å²) in [4.78, 5) is 36.4. The first kappa shape index (κ1) is 17.1. The monoisotopic (exact) mass is 424 g/mol. The van der Waals surface area contributed by atoms with Crippen LogP contribution in [0, 0.1) is 10.1 Å². The number of nitro groups is 1. The summed E-state index contributed by atoms with van der Waals surface area (Å²) in [5.41, 5.74) is 0.699. The van der Waals surface area contributed by atoms with E-state index >= 15 is 0 Å². The van der Waals surface area contributed by atoms with Crippen LogP contribution in [0.3, 0.4) is 0 Å². The third-order valence-electron chi connectivity index (χ3n) is 3.32. The van der Waals surface area contributed by atoms with Crippen LogP contribution >= 0.6 is 22.6 Å². The fourth-order valence-electron chi connectivity index (χ4n) is 2.08. The number of hydrogen-bond donors (Lipinski definition) is 0. The lowest BCUT2D eigenvalue weighted by Crippen LogP contribution is -2.28. The number of rotatable bonds is 5. The molecule has 2 aromatic rings. The molecule has 0 N–H and O–H groups in total. The van der Waals surface area contributed by atoms with E-state index in [-0.39, 0.29) is 27.4 Å². The number of hydrogen-bond acceptors (Lipinski definition) is 4. The third kappa shape index (κ3) is 3.73. The van der Waals surface area contributed by atoms with Crippen molar-refractivity contribution in [2.45, 2.75) is 0 Å². The maximum Gasteiger partial charge on any atom is 0.270 e. The molecule has 0 aliphatic rings. The van der Waals surface area contributed by atoms with Crippen molar-refractivity contribution in [3.05, 3.63) is 69.8 Å². The minimum atomic E-state index is -0.564. The third-order valence-corrected chi connectivity index (χ3v) is 3.97. The number of carbonyl (C=O) groups is 2. The van der Waals surface area contributed by atoms with Gasteiger partial charge in [0.15, 0.2) is 5.78 Å². The van der Waals surface area contributed by atoms with Gasteiger partial charge in [-0.15, -0.1) is 0 Å². The molecule has 0 radical (unpaired) electrons. The summed E-state index contributed by atoms with van der Waals surface area (Å²) >= 11 is 1.93. The number of anilines is 1. The summed E-state index contributed by atoms with van der Waals surface area (Å²) in [6.07, 6.45) is 0. The van der Waals surface area contributed by atoms with Gasteiger partial charge >= 0.3 is 0 Å². The molecule has 0 aromatic heterocycles. The number of amides is 1. The van der Waals surface area contributed by atoms with Crippen molar-refractivity contribution in [2.24, 2.45) is 0 Å². The molecular weight excluding hydrogens is 411 g/mol. The van der Waals surface area contributed by atoms with Gasteiger partial charge in [0.2, 0.25) is 5.91 Å². The highest BCUT2D eigenvalue weighted by Gasteiger charge is 2.22. The highest BCUT2D eigenvalue weighted by Crippen LogP contribution is 2.27. The number of ketones is 1. The summed E-state index contributed by atoms with van der Waals surface area (Å²) in [7, 11) is 1.55. The number of halogens is 1. The van der Waals surface area contributed by atoms with E-state index in [1.807, 2.05) is 22.6 Å². The molecule has 0 heterocycles. The average molecular weight is 424 g/mol. The molecule has 2 aromatic carbocycles. The molecular formula is C16H13IN2O4. The molecule has 118 valence electrons. The Morgan fingerprint density at radius 1 is 1.17 bits per heavy atom. The van der Waals surface area contributed by atoms with Gasteiger partial charge in [-0.3, -0.25) is 19.7 Å². The molecule has 0 atom stereocenters. The van der Waals surface area contributed by atoms with E-state index in [1.165, 1.54) is 23.1 Å². The quantitative estimate of drug-likeness (QED) is 0.243. The summed E-state index contributed by atoms with van der Waals surface area (Å²) in [6, 6.07) is 12.4. The van der Waals surface area contributed by atoms with E-state index in [1.54, 1.807) is 37.4 Å². The Bertz CT molecular complexity index is 762. The van der Waals surface area contributed by atoms with E-state index in [9.17, 15) is 19.7 Å². The van der Waals surface area contributed by atoms with Crippen LogP contribution in [0.4, 0.5) is 11.4 Å². The second-order valence-corrected chi connectivity index (χ2v) is 5.50. The molecule has 0 bridgehead atoms. The van der Waals surface area contributed by atoms with Crippen molar-refractivity contribution in [3.8, 4) is 0 Å². The number of benzene rings is 2. The van der Waals surface area contributed by atoms with Gasteiger partial charge in [0, 0.05) is 24.7 Å². The summed E-state index contributed by atoms with van der Waals surface area (Å²) < 4.78 is 0.240. The van der Waals surface area contributed by atoms with Crippen molar-refractivity contribution in [2.75, 3.05) is 16.4 Å². The zero-order valence-electron chi connectivity index (χ0n) is 12.2. The minimum Gasteiger partial charge on any atom is -0.314 e. The fourth-order valence-corrected chi connectivity index (χ4v) is 2.59. The number of alkyl halides is 1. The highest BCUT2D eigenvalue weighted by atomic mass is 127. The summed E-state index contributed by atoms with van der Waals surface area (Å²) in [5, 5.41) is 11.0. The number of carbonyl (C=O) groups excluding carboxylic acids is 2. The van der Waals surface area contributed by atoms with Crippen molar-refractivity contribution in [1.29, 1.82) is 0 Å². The number of nitro benzene ring substituents is 1. The van der Waals surface area contributed by atoms with E-state index in [0.29, 0.717) is 11.3 Å². The van der Waals surface area contributed by atoms with Gasteiger partial charge in [0.05, 0.1) is 20.6 Å². The van der Waals surface area contributed by atoms with Gasteiger partial charge in [-0.2, -0.15) is 0 Å². The van der Waals surface area contributed by atoms with Crippen LogP contribution in [0.25, 0.3) is 0 Å². The summed E-state index contributed by atoms with van der Waals surface area (Å²) in [6.45, 7) is 0. The number of non-ortho nitro benzene ring substituents is 1. The van der Waals surface area contributed by atoms with Gasteiger partial charge in [-0.25, -0.2) is 0 Å². The molecule has 0 saturated heterocycles. The Hall–Kier alpha value is -2.29. The second-order valence-electron chi connectivity index (χ2n) is 4.74. The maximum atomic E-state index is 12.7. The molecule has 0 aliphatic carbocycles. The molecule has 23 heavy (non-hydrogen) atoms. The zero-order valence-corrected chi connectivity index (χ0v) is 14.4. The smallest absolute Gasteiger partial charge is 0.270 e. The van der Waals surface area contributed by atoms with Crippen LogP contribution in [0.1, 0.15) is 15.9 Å². The first-order valence-electron chi connectivity index (χ1n) is 6.66. The lowest BCUT2D eigenvalue weighted by Gasteiger charge is -2.19. The Labute approximate surface area is 146 Å². The van der Waals surface area contributed by atoms with Crippen molar-refractivity contribution in [1.82, 2.24) is 0 Å². The maximum absolute atomic E-state index is 12.7. The topological polar surface area (TPSA) is 80.5 Å². The highest BCUT2D eigenvalue weighted by molar-refractivity contribution is 14.1. The van der Waals surface area contributed by atoms with Crippen molar-refractivity contribution >= 4 is 45.7 Å². The molecule has 0 unspecified atom stereocenters. The van der Waals surface area contributed by atoms with Crippen molar-refractivity contribution < 1.29 is 14.5 Å². The Morgan fingerprint density at radius 2 is 1.83 bits per heavy atom. The van der Waals surface area contributed by atoms with Gasteiger partial charge in [-0.1, -0.05) is 52.9 Å². The van der Waals surface area contributed by atoms with E-state index < -0.39 is 4.92 Å². The van der Waals surface area contributed by atoms with Gasteiger partial charge in [0.25, 0.3) is 5.69 Å². The van der Waals surface area contributed by atoms with Crippen LogP contribution in [-0.4, -0.2) is 28.1 Å². The largest absolute Gasteiger partial charge is 0.314 e. The second kappa shape index (κ2) is 7.32. The minimum absolute atomic E-state index is 0.131. The molecule has 1 amide bonds. The SMILES string of the molecule is CN(C(=O)CI)c1ccc([N+](=O)[O-])cc1C(=O)c1ccccc1. The van der Waals surface area contributed by atoms with Gasteiger partial charge < -0.3 is 4.90 Å². The standard InChI is InChI=1S/C16H13IN2O4/c1-18(15(20)10-17)14-8-7-12(19(22)23)9-13(14)16(21)11-5-3-2-4-6-11/h2-9H,10H2,1H3. The van der Waals surface area contributed by atoms with Crippen LogP contribution in [-0.2, 0) is 4.79 Å². The Balaban J connectivity index is 2.57. The average Bonchev–Trinajstić information content (AvgIpc) is 2.59. The van der Waals surface area contributed by atoms with Gasteiger partial charge in [0.1, 0.15) is 0 Å². The van der Waals surface area contributed by atoms with E-state index in [0.717, 1.165) is 0 Å². The molecule has 0 saturated carbocycles. The Kier molecular flexibility index (Phi) is 5.43. The molecule has 6 nitrogen and oxygen atoms in total. The first-order valence-corrected chi connectivity index (χ1v) is 8.19. The van der Waals surface area contributed by atoms with E-state index in [2.05, 4.69) is 0 Å². The normalized spacial score (nSPS) is 10.2. The first-order chi connectivity index (χ1) is 11.0. The van der Waals surface area contributed by atoms with Crippen LogP contribution in [0.5, 0.6) is 0 Å². The molecule has 7 heteroatoms. The molecule has 0 fully saturated rings. The molecule has 0 aliphatic heterocycles. The van der Waals surface area contributed by atoms with E-state index in [4.69, 9.17) is 0 Å². The van der Waals surface area contributed by atoms with Crippen molar-refractivity contribution in [3.63, 3.8) is 0 Å². The van der Waals surface area contributed by atoms with Crippen LogP contribution in [0.15, 0.2) is 48.5 Å². The van der Waals surface area contributed by atoms with Gasteiger partial charge in [-0.05, 0) is 6.07 Å². The lowest BCUT2D eigenvalue weighted by atomic mass is 10.0. The lowest BCUT2D eigenvalue weighted by molar-refractivity contribution is -0.384. The predicted molar refractivity (Wildman–Crippen MR) is 95.3 cm³/mol. The van der Waals surface area contributed by atoms with Crippen LogP contribution < -0.4 is 4.90 Å². The fraction of sp³-hybridized carbons (Fsp3) is 0.125. The molecule has 0 spiro atoms.